The number of aryl methyl sites for hydroxylation is 2. The predicted molar refractivity (Wildman–Crippen MR) is 121 cm³/mol. The van der Waals surface area contributed by atoms with Crippen LogP contribution in [0.25, 0.3) is 0 Å². The Morgan fingerprint density at radius 1 is 1.18 bits per heavy atom. The summed E-state index contributed by atoms with van der Waals surface area (Å²) in [6.45, 7) is 6.48. The van der Waals surface area contributed by atoms with E-state index >= 15 is 0 Å². The molecule has 0 saturated carbocycles. The molecular weight excluding hydrogens is 368 g/mol. The molecular formula is C22H28N4OS. The molecule has 1 aliphatic heterocycles. The van der Waals surface area contributed by atoms with Gasteiger partial charge in [-0.3, -0.25) is 4.79 Å². The van der Waals surface area contributed by atoms with Crippen molar-refractivity contribution in [3.8, 4) is 0 Å². The summed E-state index contributed by atoms with van der Waals surface area (Å²) >= 11 is 5.43. The highest BCUT2D eigenvalue weighted by Crippen LogP contribution is 2.28. The van der Waals surface area contributed by atoms with Crippen molar-refractivity contribution in [2.24, 2.45) is 0 Å². The van der Waals surface area contributed by atoms with E-state index in [4.69, 9.17) is 12.2 Å². The lowest BCUT2D eigenvalue weighted by atomic mass is 10.1. The molecule has 28 heavy (non-hydrogen) atoms. The zero-order valence-corrected chi connectivity index (χ0v) is 17.6. The number of hydrogen-bond acceptors (Lipinski definition) is 3. The third-order valence-corrected chi connectivity index (χ3v) is 5.29. The van der Waals surface area contributed by atoms with Gasteiger partial charge in [-0.1, -0.05) is 23.8 Å². The molecule has 5 nitrogen and oxygen atoms in total. The maximum absolute atomic E-state index is 12.1. The smallest absolute Gasteiger partial charge is 0.227 e. The Morgan fingerprint density at radius 2 is 1.93 bits per heavy atom. The van der Waals surface area contributed by atoms with Gasteiger partial charge in [0.2, 0.25) is 5.91 Å². The number of benzene rings is 2. The SMILES string of the molecule is Cc1ccc(N(C)CCNC(=S)Nc2ccc(C)c(N3CCCC3=O)c2)cc1. The van der Waals surface area contributed by atoms with Crippen LogP contribution < -0.4 is 20.4 Å². The molecule has 0 aliphatic carbocycles. The molecule has 1 aliphatic rings. The zero-order chi connectivity index (χ0) is 20.1. The van der Waals surface area contributed by atoms with E-state index < -0.39 is 0 Å². The highest BCUT2D eigenvalue weighted by atomic mass is 32.1. The van der Waals surface area contributed by atoms with Gasteiger partial charge in [0.1, 0.15) is 0 Å². The first kappa shape index (κ1) is 20.1. The van der Waals surface area contributed by atoms with E-state index in [0.29, 0.717) is 11.5 Å². The van der Waals surface area contributed by atoms with Crippen LogP contribution in [-0.2, 0) is 4.79 Å². The van der Waals surface area contributed by atoms with Crippen LogP contribution >= 0.6 is 12.2 Å². The third kappa shape index (κ3) is 5.01. The summed E-state index contributed by atoms with van der Waals surface area (Å²) in [4.78, 5) is 16.1. The number of carbonyl (C=O) groups is 1. The molecule has 0 bridgehead atoms. The first-order valence-corrected chi connectivity index (χ1v) is 10.1. The van der Waals surface area contributed by atoms with Crippen LogP contribution in [0.5, 0.6) is 0 Å². The van der Waals surface area contributed by atoms with Gasteiger partial charge in [-0.25, -0.2) is 0 Å². The van der Waals surface area contributed by atoms with Crippen molar-refractivity contribution >= 4 is 40.3 Å². The summed E-state index contributed by atoms with van der Waals surface area (Å²) in [5, 5.41) is 7.07. The second-order valence-corrected chi connectivity index (χ2v) is 7.70. The van der Waals surface area contributed by atoms with Gasteiger partial charge in [0.05, 0.1) is 0 Å². The van der Waals surface area contributed by atoms with E-state index in [0.717, 1.165) is 43.0 Å². The monoisotopic (exact) mass is 396 g/mol. The van der Waals surface area contributed by atoms with Crippen LogP contribution in [0.4, 0.5) is 17.1 Å². The fourth-order valence-corrected chi connectivity index (χ4v) is 3.54. The quantitative estimate of drug-likeness (QED) is 0.726. The number of carbonyl (C=O) groups excluding carboxylic acids is 1. The average molecular weight is 397 g/mol. The standard InChI is InChI=1S/C22H28N4OS/c1-16-6-10-19(11-7-16)25(3)14-12-23-22(28)24-18-9-8-17(2)20(15-18)26-13-4-5-21(26)27/h6-11,15H,4-5,12-14H2,1-3H3,(H2,23,24,28). The summed E-state index contributed by atoms with van der Waals surface area (Å²) in [7, 11) is 2.07. The highest BCUT2D eigenvalue weighted by Gasteiger charge is 2.23. The Morgan fingerprint density at radius 3 is 2.61 bits per heavy atom. The summed E-state index contributed by atoms with van der Waals surface area (Å²) < 4.78 is 0. The number of nitrogens with zero attached hydrogens (tertiary/aromatic N) is 2. The molecule has 2 aromatic carbocycles. The van der Waals surface area contributed by atoms with Gasteiger partial charge in [0, 0.05) is 50.2 Å². The molecule has 6 heteroatoms. The number of nitrogens with one attached hydrogen (secondary N) is 2. The molecule has 0 spiro atoms. The molecule has 148 valence electrons. The lowest BCUT2D eigenvalue weighted by Gasteiger charge is -2.21. The lowest BCUT2D eigenvalue weighted by Crippen LogP contribution is -2.35. The van der Waals surface area contributed by atoms with E-state index in [1.165, 1.54) is 11.3 Å². The molecule has 3 rings (SSSR count). The van der Waals surface area contributed by atoms with Crippen molar-refractivity contribution < 1.29 is 4.79 Å². The van der Waals surface area contributed by atoms with Gasteiger partial charge in [-0.15, -0.1) is 0 Å². The zero-order valence-electron chi connectivity index (χ0n) is 16.8. The number of rotatable bonds is 6. The fourth-order valence-electron chi connectivity index (χ4n) is 3.32. The van der Waals surface area contributed by atoms with Crippen LogP contribution in [0.15, 0.2) is 42.5 Å². The maximum atomic E-state index is 12.1. The van der Waals surface area contributed by atoms with Crippen molar-refractivity contribution in [1.29, 1.82) is 0 Å². The van der Waals surface area contributed by atoms with Crippen molar-refractivity contribution in [3.05, 3.63) is 53.6 Å². The number of amides is 1. The Labute approximate surface area is 172 Å². The van der Waals surface area contributed by atoms with E-state index in [-0.39, 0.29) is 5.91 Å². The molecule has 2 N–H and O–H groups in total. The summed E-state index contributed by atoms with van der Waals surface area (Å²) in [5.74, 6) is 0.195. The Balaban J connectivity index is 1.52. The van der Waals surface area contributed by atoms with E-state index in [2.05, 4.69) is 53.8 Å². The van der Waals surface area contributed by atoms with Crippen molar-refractivity contribution in [1.82, 2.24) is 5.32 Å². The van der Waals surface area contributed by atoms with Gasteiger partial charge in [-0.05, 0) is 62.3 Å². The number of anilines is 3. The van der Waals surface area contributed by atoms with E-state index in [9.17, 15) is 4.79 Å². The Kier molecular flexibility index (Phi) is 6.52. The Bertz CT molecular complexity index is 850. The van der Waals surface area contributed by atoms with Gasteiger partial charge >= 0.3 is 0 Å². The average Bonchev–Trinajstić information content (AvgIpc) is 3.09. The molecule has 1 fully saturated rings. The minimum absolute atomic E-state index is 0.195. The Hall–Kier alpha value is -2.60. The number of thiocarbonyl (C=S) groups is 1. The first-order valence-electron chi connectivity index (χ1n) is 9.68. The molecule has 0 radical (unpaired) electrons. The fraction of sp³-hybridized carbons (Fsp3) is 0.364. The minimum Gasteiger partial charge on any atom is -0.373 e. The summed E-state index contributed by atoms with van der Waals surface area (Å²) in [6, 6.07) is 14.5. The summed E-state index contributed by atoms with van der Waals surface area (Å²) in [5.41, 5.74) is 5.40. The van der Waals surface area contributed by atoms with Crippen molar-refractivity contribution in [2.75, 3.05) is 41.8 Å². The molecule has 2 aromatic rings. The van der Waals surface area contributed by atoms with Crippen LogP contribution in [0.3, 0.4) is 0 Å². The van der Waals surface area contributed by atoms with Gasteiger partial charge in [-0.2, -0.15) is 0 Å². The third-order valence-electron chi connectivity index (χ3n) is 5.04. The summed E-state index contributed by atoms with van der Waals surface area (Å²) in [6.07, 6.45) is 1.55. The van der Waals surface area contributed by atoms with Gasteiger partial charge in [0.25, 0.3) is 0 Å². The van der Waals surface area contributed by atoms with Gasteiger partial charge in [0.15, 0.2) is 5.11 Å². The van der Waals surface area contributed by atoms with Crippen LogP contribution in [-0.4, -0.2) is 37.7 Å². The van der Waals surface area contributed by atoms with Crippen LogP contribution in [0.1, 0.15) is 24.0 Å². The molecule has 1 saturated heterocycles. The van der Waals surface area contributed by atoms with Crippen LogP contribution in [0, 0.1) is 13.8 Å². The first-order chi connectivity index (χ1) is 13.4. The number of hydrogen-bond donors (Lipinski definition) is 2. The highest BCUT2D eigenvalue weighted by molar-refractivity contribution is 7.80. The molecule has 0 aromatic heterocycles. The molecule has 0 atom stereocenters. The second kappa shape index (κ2) is 9.06. The van der Waals surface area contributed by atoms with Gasteiger partial charge < -0.3 is 20.4 Å². The molecule has 1 heterocycles. The second-order valence-electron chi connectivity index (χ2n) is 7.29. The maximum Gasteiger partial charge on any atom is 0.227 e. The largest absolute Gasteiger partial charge is 0.373 e. The lowest BCUT2D eigenvalue weighted by molar-refractivity contribution is -0.117. The van der Waals surface area contributed by atoms with Crippen LogP contribution in [0.2, 0.25) is 0 Å². The number of likely N-dealkylation sites (N-methyl/N-ethyl adjacent to an activating group) is 1. The minimum atomic E-state index is 0.195. The van der Waals surface area contributed by atoms with Crippen molar-refractivity contribution in [2.45, 2.75) is 26.7 Å². The van der Waals surface area contributed by atoms with E-state index in [1.807, 2.05) is 30.0 Å². The van der Waals surface area contributed by atoms with E-state index in [1.54, 1.807) is 0 Å². The molecule has 1 amide bonds. The predicted octanol–water partition coefficient (Wildman–Crippen LogP) is 3.85. The topological polar surface area (TPSA) is 47.6 Å². The molecule has 0 unspecified atom stereocenters. The normalized spacial score (nSPS) is 13.5. The van der Waals surface area contributed by atoms with Crippen molar-refractivity contribution in [3.63, 3.8) is 0 Å².